The molecule has 0 radical (unpaired) electrons. The molecule has 0 aliphatic heterocycles. The van der Waals surface area contributed by atoms with Gasteiger partial charge in [0.2, 0.25) is 0 Å². The minimum absolute atomic E-state index is 0.184. The van der Waals surface area contributed by atoms with Gasteiger partial charge >= 0.3 is 5.97 Å². The number of aryl methyl sites for hydroxylation is 2. The second-order valence-electron chi connectivity index (χ2n) is 8.82. The van der Waals surface area contributed by atoms with Gasteiger partial charge in [0.15, 0.2) is 0 Å². The third kappa shape index (κ3) is 4.45. The number of hydrogen-bond donors (Lipinski definition) is 1. The normalized spacial score (nSPS) is 12.2. The number of nitrogens with zero attached hydrogens (tertiary/aromatic N) is 1. The van der Waals surface area contributed by atoms with Gasteiger partial charge in [-0.25, -0.2) is 9.78 Å². The monoisotopic (exact) mass is 497 g/mol. The Hall–Kier alpha value is -3.74. The molecule has 0 aliphatic carbocycles. The van der Waals surface area contributed by atoms with Crippen molar-refractivity contribution >= 4 is 38.3 Å². The van der Waals surface area contributed by atoms with Gasteiger partial charge in [-0.15, -0.1) is 11.3 Å². The number of rotatable bonds is 8. The standard InChI is InChI=1S/C30H27NO4S/c1-18-13-14-25(35-24(15-16-34-3)20-9-5-4-6-10-20)27-22(30(32)33)17-23(31-28(18)27)29-19(2)21-11-7-8-12-26(21)36-29/h4-14,17,24H,15-16H2,1-3H3,(H,32,33)/t24-/m1/s1. The summed E-state index contributed by atoms with van der Waals surface area (Å²) in [5.41, 5.74) is 4.49. The molecule has 0 amide bonds. The molecule has 0 saturated carbocycles. The topological polar surface area (TPSA) is 68.7 Å². The highest BCUT2D eigenvalue weighted by Crippen LogP contribution is 2.41. The van der Waals surface area contributed by atoms with E-state index in [1.165, 1.54) is 0 Å². The van der Waals surface area contributed by atoms with Crippen LogP contribution in [0, 0.1) is 13.8 Å². The van der Waals surface area contributed by atoms with Crippen molar-refractivity contribution in [2.45, 2.75) is 26.4 Å². The fraction of sp³-hybridized carbons (Fsp3) is 0.200. The molecule has 0 saturated heterocycles. The van der Waals surface area contributed by atoms with Crippen molar-refractivity contribution in [3.63, 3.8) is 0 Å². The van der Waals surface area contributed by atoms with Crippen molar-refractivity contribution in [2.75, 3.05) is 13.7 Å². The number of fused-ring (bicyclic) bond motifs is 2. The molecule has 2 aromatic heterocycles. The van der Waals surface area contributed by atoms with Gasteiger partial charge in [-0.2, -0.15) is 0 Å². The first-order valence-corrected chi connectivity index (χ1v) is 12.7. The van der Waals surface area contributed by atoms with Crippen LogP contribution in [0.5, 0.6) is 5.75 Å². The number of thiophene rings is 1. The number of benzene rings is 3. The summed E-state index contributed by atoms with van der Waals surface area (Å²) >= 11 is 1.63. The summed E-state index contributed by atoms with van der Waals surface area (Å²) in [4.78, 5) is 18.5. The second-order valence-corrected chi connectivity index (χ2v) is 9.87. The average molecular weight is 498 g/mol. The van der Waals surface area contributed by atoms with Crippen molar-refractivity contribution in [3.05, 3.63) is 95.1 Å². The van der Waals surface area contributed by atoms with Crippen molar-refractivity contribution in [1.82, 2.24) is 4.98 Å². The first-order valence-electron chi connectivity index (χ1n) is 11.8. The Morgan fingerprint density at radius 2 is 1.78 bits per heavy atom. The van der Waals surface area contributed by atoms with Gasteiger partial charge in [-0.1, -0.05) is 54.6 Å². The van der Waals surface area contributed by atoms with Crippen LogP contribution in [-0.4, -0.2) is 29.8 Å². The van der Waals surface area contributed by atoms with Gasteiger partial charge in [-0.05, 0) is 54.1 Å². The first kappa shape index (κ1) is 24.0. The average Bonchev–Trinajstić information content (AvgIpc) is 3.24. The van der Waals surface area contributed by atoms with Crippen molar-refractivity contribution in [2.24, 2.45) is 0 Å². The number of ether oxygens (including phenoxy) is 2. The number of hydrogen-bond acceptors (Lipinski definition) is 5. The molecule has 1 atom stereocenters. The van der Waals surface area contributed by atoms with E-state index in [1.54, 1.807) is 24.5 Å². The molecule has 5 aromatic rings. The zero-order chi connectivity index (χ0) is 25.2. The van der Waals surface area contributed by atoms with Crippen LogP contribution in [0.4, 0.5) is 0 Å². The van der Waals surface area contributed by atoms with Crippen LogP contribution in [0.1, 0.15) is 39.6 Å². The van der Waals surface area contributed by atoms with Crippen LogP contribution in [-0.2, 0) is 4.74 Å². The van der Waals surface area contributed by atoms with E-state index in [9.17, 15) is 9.90 Å². The number of carboxylic acid groups (broad SMARTS) is 1. The molecule has 36 heavy (non-hydrogen) atoms. The van der Waals surface area contributed by atoms with Crippen LogP contribution < -0.4 is 4.74 Å². The predicted octanol–water partition coefficient (Wildman–Crippen LogP) is 7.59. The molecular weight excluding hydrogens is 470 g/mol. The van der Waals surface area contributed by atoms with E-state index in [2.05, 4.69) is 19.1 Å². The maximum Gasteiger partial charge on any atom is 0.336 e. The molecule has 0 unspecified atom stereocenters. The number of aromatic carboxylic acids is 1. The zero-order valence-corrected chi connectivity index (χ0v) is 21.3. The lowest BCUT2D eigenvalue weighted by Crippen LogP contribution is -2.12. The van der Waals surface area contributed by atoms with Crippen molar-refractivity contribution < 1.29 is 19.4 Å². The number of methoxy groups -OCH3 is 1. The highest BCUT2D eigenvalue weighted by Gasteiger charge is 2.23. The summed E-state index contributed by atoms with van der Waals surface area (Å²) in [6, 6.07) is 23.6. The molecule has 6 heteroatoms. The number of carbonyl (C=O) groups is 1. The SMILES string of the molecule is COCC[C@@H](Oc1ccc(C)c2nc(-c3sc4ccccc4c3C)cc(C(=O)O)c12)c1ccccc1. The van der Waals surface area contributed by atoms with Crippen molar-refractivity contribution in [3.8, 4) is 16.3 Å². The largest absolute Gasteiger partial charge is 0.485 e. The van der Waals surface area contributed by atoms with Gasteiger partial charge in [-0.3, -0.25) is 0 Å². The molecule has 3 aromatic carbocycles. The summed E-state index contributed by atoms with van der Waals surface area (Å²) in [7, 11) is 1.66. The number of aromatic nitrogens is 1. The highest BCUT2D eigenvalue weighted by atomic mass is 32.1. The van der Waals surface area contributed by atoms with E-state index in [-0.39, 0.29) is 11.7 Å². The molecular formula is C30H27NO4S. The molecule has 0 bridgehead atoms. The lowest BCUT2D eigenvalue weighted by molar-refractivity contribution is 0.0698. The summed E-state index contributed by atoms with van der Waals surface area (Å²) < 4.78 is 13.0. The van der Waals surface area contributed by atoms with Crippen LogP contribution in [0.3, 0.4) is 0 Å². The van der Waals surface area contributed by atoms with Crippen LogP contribution in [0.25, 0.3) is 31.6 Å². The van der Waals surface area contributed by atoms with Crippen molar-refractivity contribution in [1.29, 1.82) is 0 Å². The maximum absolute atomic E-state index is 12.5. The van der Waals surface area contributed by atoms with E-state index in [0.717, 1.165) is 31.7 Å². The number of carboxylic acids is 1. The smallest absolute Gasteiger partial charge is 0.336 e. The van der Waals surface area contributed by atoms with Gasteiger partial charge in [0.25, 0.3) is 0 Å². The molecule has 182 valence electrons. The van der Waals surface area contributed by atoms with Gasteiger partial charge in [0, 0.05) is 18.2 Å². The molecule has 1 N–H and O–H groups in total. The summed E-state index contributed by atoms with van der Waals surface area (Å²) in [5, 5.41) is 11.9. The molecule has 5 rings (SSSR count). The Labute approximate surface area is 214 Å². The molecule has 0 fully saturated rings. The fourth-order valence-corrected chi connectivity index (χ4v) is 5.75. The Balaban J connectivity index is 1.68. The maximum atomic E-state index is 12.5. The quantitative estimate of drug-likeness (QED) is 0.239. The van der Waals surface area contributed by atoms with E-state index in [1.807, 2.05) is 61.5 Å². The van der Waals surface area contributed by atoms with E-state index < -0.39 is 5.97 Å². The fourth-order valence-electron chi connectivity index (χ4n) is 4.58. The minimum atomic E-state index is -1.01. The zero-order valence-electron chi connectivity index (χ0n) is 20.4. The number of pyridine rings is 1. The van der Waals surface area contributed by atoms with Gasteiger partial charge in [0.05, 0.1) is 33.6 Å². The third-order valence-electron chi connectivity index (χ3n) is 6.46. The Morgan fingerprint density at radius 1 is 1.03 bits per heavy atom. The lowest BCUT2D eigenvalue weighted by Gasteiger charge is -2.22. The van der Waals surface area contributed by atoms with E-state index in [4.69, 9.17) is 14.5 Å². The summed E-state index contributed by atoms with van der Waals surface area (Å²) in [5.74, 6) is -0.504. The first-order chi connectivity index (χ1) is 17.5. The Morgan fingerprint density at radius 3 is 2.50 bits per heavy atom. The van der Waals surface area contributed by atoms with Crippen LogP contribution in [0.15, 0.2) is 72.8 Å². The van der Waals surface area contributed by atoms with Crippen LogP contribution in [0.2, 0.25) is 0 Å². The Bertz CT molecular complexity index is 1560. The Kier molecular flexibility index (Phi) is 6.72. The minimum Gasteiger partial charge on any atom is -0.485 e. The van der Waals surface area contributed by atoms with Gasteiger partial charge < -0.3 is 14.6 Å². The molecule has 0 aliphatic rings. The second kappa shape index (κ2) is 10.1. The molecule has 2 heterocycles. The molecule has 0 spiro atoms. The van der Waals surface area contributed by atoms with Gasteiger partial charge in [0.1, 0.15) is 11.9 Å². The summed E-state index contributed by atoms with van der Waals surface area (Å²) in [6.07, 6.45) is 0.341. The third-order valence-corrected chi connectivity index (χ3v) is 7.75. The summed E-state index contributed by atoms with van der Waals surface area (Å²) in [6.45, 7) is 4.53. The van der Waals surface area contributed by atoms with Crippen LogP contribution >= 0.6 is 11.3 Å². The predicted molar refractivity (Wildman–Crippen MR) is 145 cm³/mol. The molecule has 5 nitrogen and oxygen atoms in total. The lowest BCUT2D eigenvalue weighted by atomic mass is 10.0. The highest BCUT2D eigenvalue weighted by molar-refractivity contribution is 7.22. The van der Waals surface area contributed by atoms with E-state index >= 15 is 0 Å². The van der Waals surface area contributed by atoms with E-state index in [0.29, 0.717) is 35.4 Å².